The Kier molecular flexibility index (Phi) is 2.21. The fourth-order valence-electron chi connectivity index (χ4n) is 1.78. The number of aromatic amines is 1. The van der Waals surface area contributed by atoms with Crippen molar-refractivity contribution >= 4 is 11.6 Å². The Bertz CT molecular complexity index is 532. The molecule has 1 fully saturated rings. The van der Waals surface area contributed by atoms with Gasteiger partial charge in [-0.05, 0) is 37.1 Å². The second-order valence-corrected chi connectivity index (χ2v) is 4.51. The second-order valence-electron chi connectivity index (χ2n) is 4.11. The van der Waals surface area contributed by atoms with Gasteiger partial charge in [0.25, 0.3) is 0 Å². The van der Waals surface area contributed by atoms with Crippen molar-refractivity contribution in [2.75, 3.05) is 0 Å². The first-order chi connectivity index (χ1) is 7.74. The lowest BCUT2D eigenvalue weighted by Crippen LogP contribution is -1.81. The van der Waals surface area contributed by atoms with Crippen LogP contribution in [-0.2, 0) is 0 Å². The van der Waals surface area contributed by atoms with Crippen LogP contribution in [0.4, 0.5) is 4.39 Å². The number of benzene rings is 1. The minimum atomic E-state index is -0.327. The zero-order valence-electron chi connectivity index (χ0n) is 8.50. The smallest absolute Gasteiger partial charge is 0.124 e. The number of hydrogen-bond acceptors (Lipinski definition) is 1. The zero-order valence-corrected chi connectivity index (χ0v) is 9.26. The molecule has 0 atom stereocenters. The minimum Gasteiger partial charge on any atom is -0.282 e. The summed E-state index contributed by atoms with van der Waals surface area (Å²) < 4.78 is 12.9. The van der Waals surface area contributed by atoms with E-state index in [2.05, 4.69) is 10.2 Å². The van der Waals surface area contributed by atoms with E-state index in [1.807, 2.05) is 6.07 Å². The second kappa shape index (κ2) is 3.59. The van der Waals surface area contributed by atoms with Crippen molar-refractivity contribution in [2.24, 2.45) is 0 Å². The van der Waals surface area contributed by atoms with Gasteiger partial charge in [0.1, 0.15) is 5.82 Å². The summed E-state index contributed by atoms with van der Waals surface area (Å²) in [7, 11) is 0. The highest BCUT2D eigenvalue weighted by Gasteiger charge is 2.25. The van der Waals surface area contributed by atoms with Crippen LogP contribution >= 0.6 is 11.6 Å². The number of hydrogen-bond donors (Lipinski definition) is 1. The average molecular weight is 237 g/mol. The Morgan fingerprint density at radius 1 is 1.31 bits per heavy atom. The molecular formula is C12H10ClFN2. The third kappa shape index (κ3) is 1.71. The Balaban J connectivity index is 2.00. The van der Waals surface area contributed by atoms with Crippen LogP contribution in [-0.4, -0.2) is 10.2 Å². The molecule has 1 aromatic heterocycles. The number of nitrogens with zero attached hydrogens (tertiary/aromatic N) is 1. The lowest BCUT2D eigenvalue weighted by molar-refractivity contribution is 0.628. The predicted molar refractivity (Wildman–Crippen MR) is 61.0 cm³/mol. The maximum absolute atomic E-state index is 12.9. The topological polar surface area (TPSA) is 28.7 Å². The van der Waals surface area contributed by atoms with Crippen LogP contribution in [0.1, 0.15) is 24.5 Å². The molecule has 0 amide bonds. The van der Waals surface area contributed by atoms with E-state index in [-0.39, 0.29) is 5.82 Å². The van der Waals surface area contributed by atoms with E-state index in [0.29, 0.717) is 10.9 Å². The summed E-state index contributed by atoms with van der Waals surface area (Å²) in [4.78, 5) is 0. The van der Waals surface area contributed by atoms with Crippen LogP contribution in [0.2, 0.25) is 5.02 Å². The van der Waals surface area contributed by atoms with Crippen LogP contribution in [0, 0.1) is 5.82 Å². The van der Waals surface area contributed by atoms with Crippen LogP contribution in [0.3, 0.4) is 0 Å². The maximum atomic E-state index is 12.9. The summed E-state index contributed by atoms with van der Waals surface area (Å²) in [5.41, 5.74) is 2.70. The van der Waals surface area contributed by atoms with Gasteiger partial charge in [-0.15, -0.1) is 0 Å². The van der Waals surface area contributed by atoms with Crippen molar-refractivity contribution < 1.29 is 4.39 Å². The molecule has 0 bridgehead atoms. The summed E-state index contributed by atoms with van der Waals surface area (Å²) in [6.45, 7) is 0. The molecule has 1 aliphatic carbocycles. The third-order valence-corrected chi connectivity index (χ3v) is 3.13. The van der Waals surface area contributed by atoms with Crippen LogP contribution in [0.25, 0.3) is 11.3 Å². The van der Waals surface area contributed by atoms with Crippen molar-refractivity contribution in [3.8, 4) is 11.3 Å². The van der Waals surface area contributed by atoms with Gasteiger partial charge >= 0.3 is 0 Å². The highest BCUT2D eigenvalue weighted by molar-refractivity contribution is 6.33. The van der Waals surface area contributed by atoms with Gasteiger partial charge in [-0.25, -0.2) is 4.39 Å². The van der Waals surface area contributed by atoms with Gasteiger partial charge in [-0.2, -0.15) is 5.10 Å². The molecule has 1 aromatic carbocycles. The zero-order chi connectivity index (χ0) is 11.1. The van der Waals surface area contributed by atoms with Crippen molar-refractivity contribution in [3.63, 3.8) is 0 Å². The van der Waals surface area contributed by atoms with Crippen LogP contribution < -0.4 is 0 Å². The van der Waals surface area contributed by atoms with E-state index in [0.717, 1.165) is 17.0 Å². The molecule has 82 valence electrons. The standard InChI is InChI=1S/C12H10ClFN2/c13-10-5-8(14)3-4-9(10)12-6-11(15-16-12)7-1-2-7/h3-7H,1-2H2,(H,15,16). The van der Waals surface area contributed by atoms with Crippen molar-refractivity contribution in [3.05, 3.63) is 40.8 Å². The SMILES string of the molecule is Fc1ccc(-c2cc(C3CC3)[nH]n2)c(Cl)c1. The normalized spacial score (nSPS) is 15.4. The van der Waals surface area contributed by atoms with E-state index in [9.17, 15) is 4.39 Å². The molecule has 0 spiro atoms. The summed E-state index contributed by atoms with van der Waals surface area (Å²) in [5.74, 6) is 0.298. The lowest BCUT2D eigenvalue weighted by Gasteiger charge is -1.99. The molecular weight excluding hydrogens is 227 g/mol. The molecule has 4 heteroatoms. The highest BCUT2D eigenvalue weighted by Crippen LogP contribution is 2.40. The molecule has 3 rings (SSSR count). The summed E-state index contributed by atoms with van der Waals surface area (Å²) in [6, 6.07) is 6.36. The monoisotopic (exact) mass is 236 g/mol. The minimum absolute atomic E-state index is 0.327. The molecule has 16 heavy (non-hydrogen) atoms. The Hall–Kier alpha value is -1.35. The molecule has 1 saturated carbocycles. The van der Waals surface area contributed by atoms with E-state index in [1.165, 1.54) is 25.0 Å². The predicted octanol–water partition coefficient (Wildman–Crippen LogP) is 3.75. The molecule has 0 unspecified atom stereocenters. The Labute approximate surface area is 97.4 Å². The number of halogens is 2. The molecule has 2 nitrogen and oxygen atoms in total. The van der Waals surface area contributed by atoms with Crippen molar-refractivity contribution in [2.45, 2.75) is 18.8 Å². The highest BCUT2D eigenvalue weighted by atomic mass is 35.5. The van der Waals surface area contributed by atoms with Gasteiger partial charge in [0, 0.05) is 17.2 Å². The largest absolute Gasteiger partial charge is 0.282 e. The maximum Gasteiger partial charge on any atom is 0.124 e. The summed E-state index contributed by atoms with van der Waals surface area (Å²) >= 11 is 5.97. The van der Waals surface area contributed by atoms with E-state index < -0.39 is 0 Å². The lowest BCUT2D eigenvalue weighted by atomic mass is 10.1. The van der Waals surface area contributed by atoms with E-state index in [1.54, 1.807) is 6.07 Å². The molecule has 1 heterocycles. The summed E-state index contributed by atoms with van der Waals surface area (Å²) in [5, 5.41) is 7.61. The van der Waals surface area contributed by atoms with Gasteiger partial charge in [-0.1, -0.05) is 11.6 Å². The molecule has 1 N–H and O–H groups in total. The van der Waals surface area contributed by atoms with Gasteiger partial charge in [0.2, 0.25) is 0 Å². The molecule has 2 aromatic rings. The summed E-state index contributed by atoms with van der Waals surface area (Å²) in [6.07, 6.45) is 2.44. The van der Waals surface area contributed by atoms with Gasteiger partial charge in [-0.3, -0.25) is 5.10 Å². The fourth-order valence-corrected chi connectivity index (χ4v) is 2.04. The van der Waals surface area contributed by atoms with Crippen LogP contribution in [0.15, 0.2) is 24.3 Å². The molecule has 0 aliphatic heterocycles. The van der Waals surface area contributed by atoms with Gasteiger partial charge < -0.3 is 0 Å². The number of H-pyrrole nitrogens is 1. The van der Waals surface area contributed by atoms with Gasteiger partial charge in [0.15, 0.2) is 0 Å². The third-order valence-electron chi connectivity index (χ3n) is 2.82. The van der Waals surface area contributed by atoms with E-state index >= 15 is 0 Å². The van der Waals surface area contributed by atoms with Crippen molar-refractivity contribution in [1.82, 2.24) is 10.2 Å². The first kappa shape index (κ1) is 9.85. The first-order valence-electron chi connectivity index (χ1n) is 5.25. The van der Waals surface area contributed by atoms with E-state index in [4.69, 9.17) is 11.6 Å². The molecule has 0 saturated heterocycles. The fraction of sp³-hybridized carbons (Fsp3) is 0.250. The Morgan fingerprint density at radius 2 is 2.12 bits per heavy atom. The van der Waals surface area contributed by atoms with Gasteiger partial charge in [0.05, 0.1) is 10.7 Å². The molecule has 0 radical (unpaired) electrons. The van der Waals surface area contributed by atoms with Crippen LogP contribution in [0.5, 0.6) is 0 Å². The average Bonchev–Trinajstić information content (AvgIpc) is 2.98. The Morgan fingerprint density at radius 3 is 2.81 bits per heavy atom. The number of nitrogens with one attached hydrogen (secondary N) is 1. The van der Waals surface area contributed by atoms with Crippen molar-refractivity contribution in [1.29, 1.82) is 0 Å². The molecule has 1 aliphatic rings. The quantitative estimate of drug-likeness (QED) is 0.845. The number of aromatic nitrogens is 2. The first-order valence-corrected chi connectivity index (χ1v) is 5.62. The number of rotatable bonds is 2.